The van der Waals surface area contributed by atoms with Crippen LogP contribution in [-0.2, 0) is 0 Å². The summed E-state index contributed by atoms with van der Waals surface area (Å²) in [5.41, 5.74) is 1.43. The Bertz CT molecular complexity index is 801. The number of benzene rings is 2. The van der Waals surface area contributed by atoms with E-state index >= 15 is 0 Å². The van der Waals surface area contributed by atoms with E-state index in [-0.39, 0.29) is 5.56 Å². The Hall–Kier alpha value is -2.11. The van der Waals surface area contributed by atoms with Gasteiger partial charge in [0.15, 0.2) is 5.13 Å². The molecule has 0 fully saturated rings. The second-order valence-electron chi connectivity index (χ2n) is 4.08. The lowest BCUT2D eigenvalue weighted by molar-refractivity contribution is 0.0698. The van der Waals surface area contributed by atoms with Crippen molar-refractivity contribution in [3.63, 3.8) is 0 Å². The van der Waals surface area contributed by atoms with E-state index < -0.39 is 5.97 Å². The van der Waals surface area contributed by atoms with E-state index in [1.165, 1.54) is 11.3 Å². The third kappa shape index (κ3) is 2.33. The third-order valence-corrected chi connectivity index (χ3v) is 4.01. The van der Waals surface area contributed by atoms with Gasteiger partial charge in [-0.1, -0.05) is 41.1 Å². The van der Waals surface area contributed by atoms with E-state index in [9.17, 15) is 4.79 Å². The molecule has 0 aliphatic rings. The number of carboxylic acid groups (broad SMARTS) is 1. The van der Waals surface area contributed by atoms with Crippen molar-refractivity contribution in [1.82, 2.24) is 4.98 Å². The number of rotatable bonds is 3. The van der Waals surface area contributed by atoms with Gasteiger partial charge in [0.1, 0.15) is 5.52 Å². The first kappa shape index (κ1) is 12.9. The number of thiazole rings is 1. The fourth-order valence-electron chi connectivity index (χ4n) is 1.86. The van der Waals surface area contributed by atoms with Crippen molar-refractivity contribution in [2.45, 2.75) is 0 Å². The molecule has 0 radical (unpaired) electrons. The summed E-state index contributed by atoms with van der Waals surface area (Å²) in [7, 11) is 0. The highest BCUT2D eigenvalue weighted by Crippen LogP contribution is 2.32. The molecule has 0 bridgehead atoms. The molecule has 0 unspecified atom stereocenters. The largest absolute Gasteiger partial charge is 0.478 e. The minimum atomic E-state index is -0.979. The van der Waals surface area contributed by atoms with Crippen molar-refractivity contribution < 1.29 is 9.90 Å². The first-order valence-corrected chi connectivity index (χ1v) is 6.99. The predicted octanol–water partition coefficient (Wildman–Crippen LogP) is 4.39. The Labute approximate surface area is 123 Å². The van der Waals surface area contributed by atoms with Gasteiger partial charge in [-0.15, -0.1) is 0 Å². The molecule has 100 valence electrons. The fraction of sp³-hybridized carbons (Fsp3) is 0. The maximum absolute atomic E-state index is 11.2. The summed E-state index contributed by atoms with van der Waals surface area (Å²) in [4.78, 5) is 15.6. The van der Waals surface area contributed by atoms with Gasteiger partial charge in [0, 0.05) is 0 Å². The zero-order chi connectivity index (χ0) is 14.1. The van der Waals surface area contributed by atoms with Gasteiger partial charge in [0.25, 0.3) is 0 Å². The maximum Gasteiger partial charge on any atom is 0.337 e. The molecule has 6 heteroatoms. The maximum atomic E-state index is 11.2. The van der Waals surface area contributed by atoms with E-state index in [1.54, 1.807) is 30.3 Å². The summed E-state index contributed by atoms with van der Waals surface area (Å²) in [5.74, 6) is -0.979. The topological polar surface area (TPSA) is 62.2 Å². The van der Waals surface area contributed by atoms with Gasteiger partial charge in [-0.2, -0.15) is 0 Å². The molecule has 0 spiro atoms. The Balaban J connectivity index is 2.02. The molecule has 1 aromatic heterocycles. The second-order valence-corrected chi connectivity index (χ2v) is 5.52. The highest BCUT2D eigenvalue weighted by Gasteiger charge is 2.12. The summed E-state index contributed by atoms with van der Waals surface area (Å²) < 4.78 is 0.952. The molecule has 0 amide bonds. The molecule has 2 aromatic carbocycles. The van der Waals surface area contributed by atoms with Crippen LogP contribution in [0.2, 0.25) is 5.02 Å². The van der Waals surface area contributed by atoms with Crippen LogP contribution in [0, 0.1) is 0 Å². The Morgan fingerprint density at radius 2 is 2.00 bits per heavy atom. The lowest BCUT2D eigenvalue weighted by Gasteiger charge is -2.05. The molecule has 4 nitrogen and oxygen atoms in total. The number of para-hydroxylation sites is 2. The van der Waals surface area contributed by atoms with Crippen molar-refractivity contribution in [3.8, 4) is 0 Å². The van der Waals surface area contributed by atoms with Gasteiger partial charge in [-0.25, -0.2) is 9.78 Å². The van der Waals surface area contributed by atoms with Crippen molar-refractivity contribution in [2.24, 2.45) is 0 Å². The summed E-state index contributed by atoms with van der Waals surface area (Å²) >= 11 is 7.50. The SMILES string of the molecule is O=C(O)c1ccccc1Nc1nc2c(Cl)cccc2s1. The van der Waals surface area contributed by atoms with Crippen LogP contribution in [0.3, 0.4) is 0 Å². The molecule has 1 heterocycles. The van der Waals surface area contributed by atoms with Gasteiger partial charge in [-0.05, 0) is 24.3 Å². The summed E-state index contributed by atoms with van der Waals surface area (Å²) in [6.45, 7) is 0. The summed E-state index contributed by atoms with van der Waals surface area (Å²) in [6.07, 6.45) is 0. The van der Waals surface area contributed by atoms with Gasteiger partial charge in [0.05, 0.1) is 21.0 Å². The number of hydrogen-bond acceptors (Lipinski definition) is 4. The Morgan fingerprint density at radius 3 is 2.75 bits per heavy atom. The molecule has 3 rings (SSSR count). The van der Waals surface area contributed by atoms with Gasteiger partial charge >= 0.3 is 5.97 Å². The molecule has 20 heavy (non-hydrogen) atoms. The van der Waals surface area contributed by atoms with Crippen molar-refractivity contribution in [3.05, 3.63) is 53.1 Å². The van der Waals surface area contributed by atoms with Crippen LogP contribution in [0.15, 0.2) is 42.5 Å². The van der Waals surface area contributed by atoms with E-state index in [1.807, 2.05) is 12.1 Å². The quantitative estimate of drug-likeness (QED) is 0.753. The molecular formula is C14H9ClN2O2S. The first-order chi connectivity index (χ1) is 9.65. The molecule has 0 saturated carbocycles. The number of aromatic nitrogens is 1. The number of halogens is 1. The number of anilines is 2. The predicted molar refractivity (Wildman–Crippen MR) is 81.3 cm³/mol. The zero-order valence-electron chi connectivity index (χ0n) is 10.1. The van der Waals surface area contributed by atoms with Crippen molar-refractivity contribution in [1.29, 1.82) is 0 Å². The average Bonchev–Trinajstić information content (AvgIpc) is 2.83. The molecule has 2 N–H and O–H groups in total. The van der Waals surface area contributed by atoms with E-state index in [0.29, 0.717) is 15.8 Å². The number of nitrogens with one attached hydrogen (secondary N) is 1. The standard InChI is InChI=1S/C14H9ClN2O2S/c15-9-5-3-7-11-12(9)17-14(20-11)16-10-6-2-1-4-8(10)13(18)19/h1-7H,(H,16,17)(H,18,19). The van der Waals surface area contributed by atoms with Crippen LogP contribution in [0.4, 0.5) is 10.8 Å². The molecular weight excluding hydrogens is 296 g/mol. The highest BCUT2D eigenvalue weighted by molar-refractivity contribution is 7.22. The summed E-state index contributed by atoms with van der Waals surface area (Å²) in [6, 6.07) is 12.3. The Morgan fingerprint density at radius 1 is 1.20 bits per heavy atom. The van der Waals surface area contributed by atoms with Crippen LogP contribution >= 0.6 is 22.9 Å². The first-order valence-electron chi connectivity index (χ1n) is 5.79. The number of aromatic carboxylic acids is 1. The number of carboxylic acids is 1. The van der Waals surface area contributed by atoms with Gasteiger partial charge < -0.3 is 10.4 Å². The number of carbonyl (C=O) groups is 1. The minimum Gasteiger partial charge on any atom is -0.478 e. The van der Waals surface area contributed by atoms with Crippen LogP contribution in [-0.4, -0.2) is 16.1 Å². The lowest BCUT2D eigenvalue weighted by Crippen LogP contribution is -2.01. The monoisotopic (exact) mass is 304 g/mol. The minimum absolute atomic E-state index is 0.206. The average molecular weight is 305 g/mol. The fourth-order valence-corrected chi connectivity index (χ4v) is 3.04. The van der Waals surface area contributed by atoms with E-state index in [0.717, 1.165) is 10.2 Å². The highest BCUT2D eigenvalue weighted by atomic mass is 35.5. The zero-order valence-corrected chi connectivity index (χ0v) is 11.7. The van der Waals surface area contributed by atoms with Crippen LogP contribution in [0.25, 0.3) is 10.2 Å². The molecule has 0 aliphatic heterocycles. The van der Waals surface area contributed by atoms with Crippen LogP contribution < -0.4 is 5.32 Å². The van der Waals surface area contributed by atoms with Crippen molar-refractivity contribution >= 4 is 49.9 Å². The third-order valence-electron chi connectivity index (χ3n) is 2.77. The van der Waals surface area contributed by atoms with E-state index in [4.69, 9.17) is 16.7 Å². The molecule has 0 aliphatic carbocycles. The van der Waals surface area contributed by atoms with Crippen LogP contribution in [0.1, 0.15) is 10.4 Å². The number of nitrogens with zero attached hydrogens (tertiary/aromatic N) is 1. The normalized spacial score (nSPS) is 10.7. The molecule has 0 atom stereocenters. The molecule has 0 saturated heterocycles. The second kappa shape index (κ2) is 5.11. The van der Waals surface area contributed by atoms with Gasteiger partial charge in [0.2, 0.25) is 0 Å². The smallest absolute Gasteiger partial charge is 0.337 e. The van der Waals surface area contributed by atoms with Crippen LogP contribution in [0.5, 0.6) is 0 Å². The van der Waals surface area contributed by atoms with E-state index in [2.05, 4.69) is 10.3 Å². The number of hydrogen-bond donors (Lipinski definition) is 2. The lowest BCUT2D eigenvalue weighted by atomic mass is 10.2. The number of fused-ring (bicyclic) bond motifs is 1. The van der Waals surface area contributed by atoms with Crippen molar-refractivity contribution in [2.75, 3.05) is 5.32 Å². The Kier molecular flexibility index (Phi) is 3.30. The van der Waals surface area contributed by atoms with Gasteiger partial charge in [-0.3, -0.25) is 0 Å². The molecule has 3 aromatic rings. The summed E-state index contributed by atoms with van der Waals surface area (Å²) in [5, 5.41) is 13.4.